The number of hydrogen-bond acceptors (Lipinski definition) is 3. The SMILES string of the molecule is CS(=O)(=O)OCCCCC1Cc2ccccc21. The molecule has 2 rings (SSSR count). The molecule has 94 valence electrons. The zero-order valence-electron chi connectivity index (χ0n) is 10.1. The van der Waals surface area contributed by atoms with E-state index in [1.807, 2.05) is 0 Å². The molecule has 0 fully saturated rings. The van der Waals surface area contributed by atoms with Gasteiger partial charge in [0.15, 0.2) is 0 Å². The lowest BCUT2D eigenvalue weighted by atomic mass is 9.75. The number of benzene rings is 1. The summed E-state index contributed by atoms with van der Waals surface area (Å²) in [6.45, 7) is 0.313. The Morgan fingerprint density at radius 3 is 2.76 bits per heavy atom. The van der Waals surface area contributed by atoms with Crippen molar-refractivity contribution >= 4 is 10.1 Å². The van der Waals surface area contributed by atoms with Gasteiger partial charge in [-0.2, -0.15) is 8.42 Å². The van der Waals surface area contributed by atoms with Crippen molar-refractivity contribution in [2.24, 2.45) is 0 Å². The first kappa shape index (κ1) is 12.6. The smallest absolute Gasteiger partial charge is 0.264 e. The number of hydrogen-bond donors (Lipinski definition) is 0. The molecule has 1 aliphatic rings. The summed E-state index contributed by atoms with van der Waals surface area (Å²) in [5.74, 6) is 0.671. The molecule has 0 heterocycles. The number of rotatable bonds is 6. The predicted molar refractivity (Wildman–Crippen MR) is 67.5 cm³/mol. The molecule has 3 nitrogen and oxygen atoms in total. The second-order valence-corrected chi connectivity index (χ2v) is 6.27. The monoisotopic (exact) mass is 254 g/mol. The summed E-state index contributed by atoms with van der Waals surface area (Å²) < 4.78 is 26.2. The molecule has 1 aromatic rings. The second kappa shape index (κ2) is 5.19. The van der Waals surface area contributed by atoms with Crippen LogP contribution in [0.3, 0.4) is 0 Å². The van der Waals surface area contributed by atoms with Crippen LogP contribution in [0.5, 0.6) is 0 Å². The molecule has 0 saturated carbocycles. The van der Waals surface area contributed by atoms with Gasteiger partial charge in [-0.05, 0) is 36.3 Å². The Kier molecular flexibility index (Phi) is 3.84. The summed E-state index contributed by atoms with van der Waals surface area (Å²) in [7, 11) is -3.27. The molecule has 0 saturated heterocycles. The Balaban J connectivity index is 1.65. The van der Waals surface area contributed by atoms with Crippen LogP contribution in [0.1, 0.15) is 36.3 Å². The maximum absolute atomic E-state index is 10.7. The van der Waals surface area contributed by atoms with E-state index >= 15 is 0 Å². The van der Waals surface area contributed by atoms with Gasteiger partial charge in [0.05, 0.1) is 12.9 Å². The highest BCUT2D eigenvalue weighted by atomic mass is 32.2. The Labute approximate surface area is 103 Å². The van der Waals surface area contributed by atoms with Crippen molar-refractivity contribution in [3.05, 3.63) is 35.4 Å². The molecule has 1 aliphatic carbocycles. The molecule has 0 N–H and O–H groups in total. The van der Waals surface area contributed by atoms with Crippen molar-refractivity contribution in [3.63, 3.8) is 0 Å². The number of fused-ring (bicyclic) bond motifs is 1. The van der Waals surface area contributed by atoms with Crippen LogP contribution in [0, 0.1) is 0 Å². The van der Waals surface area contributed by atoms with Gasteiger partial charge in [0.2, 0.25) is 0 Å². The van der Waals surface area contributed by atoms with E-state index in [9.17, 15) is 8.42 Å². The summed E-state index contributed by atoms with van der Waals surface area (Å²) in [5, 5.41) is 0. The Bertz CT molecular complexity index is 479. The Hall–Kier alpha value is -0.870. The van der Waals surface area contributed by atoms with E-state index < -0.39 is 10.1 Å². The fourth-order valence-corrected chi connectivity index (χ4v) is 2.74. The van der Waals surface area contributed by atoms with Gasteiger partial charge < -0.3 is 0 Å². The van der Waals surface area contributed by atoms with Gasteiger partial charge in [-0.3, -0.25) is 4.18 Å². The lowest BCUT2D eigenvalue weighted by Gasteiger charge is -2.30. The van der Waals surface area contributed by atoms with Crippen molar-refractivity contribution in [3.8, 4) is 0 Å². The highest BCUT2D eigenvalue weighted by molar-refractivity contribution is 7.85. The second-order valence-electron chi connectivity index (χ2n) is 4.62. The molecule has 17 heavy (non-hydrogen) atoms. The van der Waals surface area contributed by atoms with E-state index in [-0.39, 0.29) is 0 Å². The van der Waals surface area contributed by atoms with Gasteiger partial charge in [-0.1, -0.05) is 30.7 Å². The molecular formula is C13H18O3S. The van der Waals surface area contributed by atoms with Crippen LogP contribution in [-0.4, -0.2) is 21.3 Å². The molecule has 0 spiro atoms. The van der Waals surface area contributed by atoms with Gasteiger partial charge in [-0.15, -0.1) is 0 Å². The normalized spacial score (nSPS) is 18.5. The van der Waals surface area contributed by atoms with Crippen LogP contribution >= 0.6 is 0 Å². The van der Waals surface area contributed by atoms with Crippen LogP contribution in [-0.2, 0) is 20.7 Å². The molecule has 0 bridgehead atoms. The van der Waals surface area contributed by atoms with Crippen LogP contribution in [0.4, 0.5) is 0 Å². The molecule has 0 radical (unpaired) electrons. The zero-order chi connectivity index (χ0) is 12.3. The molecule has 4 heteroatoms. The minimum atomic E-state index is -3.27. The first-order valence-corrected chi connectivity index (χ1v) is 7.80. The highest BCUT2D eigenvalue weighted by Crippen LogP contribution is 2.38. The molecule has 1 unspecified atom stereocenters. The van der Waals surface area contributed by atoms with Gasteiger partial charge in [-0.25, -0.2) is 0 Å². The van der Waals surface area contributed by atoms with Crippen LogP contribution < -0.4 is 0 Å². The molecular weight excluding hydrogens is 236 g/mol. The third-order valence-corrected chi connectivity index (χ3v) is 3.80. The summed E-state index contributed by atoms with van der Waals surface area (Å²) in [6.07, 6.45) is 5.22. The molecule has 0 aromatic heterocycles. The maximum Gasteiger partial charge on any atom is 0.264 e. The first-order chi connectivity index (χ1) is 8.06. The van der Waals surface area contributed by atoms with Crippen molar-refractivity contribution in [2.75, 3.05) is 12.9 Å². The quantitative estimate of drug-likeness (QED) is 0.578. The summed E-state index contributed by atoms with van der Waals surface area (Å²) in [4.78, 5) is 0. The largest absolute Gasteiger partial charge is 0.270 e. The molecule has 0 amide bonds. The van der Waals surface area contributed by atoms with E-state index in [4.69, 9.17) is 4.18 Å². The van der Waals surface area contributed by atoms with Crippen molar-refractivity contribution in [1.29, 1.82) is 0 Å². The summed E-state index contributed by atoms with van der Waals surface area (Å²) >= 11 is 0. The standard InChI is InChI=1S/C13H18O3S/c1-17(14,15)16-9-5-4-7-12-10-11-6-2-3-8-13(11)12/h2-3,6,8,12H,4-5,7,9-10H2,1H3. The fourth-order valence-electron chi connectivity index (χ4n) is 2.32. The van der Waals surface area contributed by atoms with Gasteiger partial charge in [0, 0.05) is 0 Å². The summed E-state index contributed by atoms with van der Waals surface area (Å²) in [5.41, 5.74) is 2.93. The van der Waals surface area contributed by atoms with Gasteiger partial charge in [0.25, 0.3) is 10.1 Å². The zero-order valence-corrected chi connectivity index (χ0v) is 10.9. The van der Waals surface area contributed by atoms with Crippen molar-refractivity contribution in [1.82, 2.24) is 0 Å². The lowest BCUT2D eigenvalue weighted by molar-refractivity contribution is 0.307. The Morgan fingerprint density at radius 1 is 1.29 bits per heavy atom. The average molecular weight is 254 g/mol. The minimum absolute atomic E-state index is 0.313. The average Bonchev–Trinajstić information content (AvgIpc) is 2.22. The fraction of sp³-hybridized carbons (Fsp3) is 0.538. The topological polar surface area (TPSA) is 43.4 Å². The molecule has 1 atom stereocenters. The van der Waals surface area contributed by atoms with Crippen LogP contribution in [0.25, 0.3) is 0 Å². The summed E-state index contributed by atoms with van der Waals surface area (Å²) in [6, 6.07) is 8.53. The Morgan fingerprint density at radius 2 is 2.06 bits per heavy atom. The van der Waals surface area contributed by atoms with E-state index in [0.29, 0.717) is 12.5 Å². The van der Waals surface area contributed by atoms with Crippen molar-refractivity contribution < 1.29 is 12.6 Å². The van der Waals surface area contributed by atoms with Crippen LogP contribution in [0.15, 0.2) is 24.3 Å². The van der Waals surface area contributed by atoms with E-state index in [2.05, 4.69) is 24.3 Å². The van der Waals surface area contributed by atoms with Gasteiger partial charge >= 0.3 is 0 Å². The lowest BCUT2D eigenvalue weighted by Crippen LogP contribution is -2.16. The molecule has 1 aromatic carbocycles. The van der Waals surface area contributed by atoms with E-state index in [1.165, 1.54) is 17.5 Å². The van der Waals surface area contributed by atoms with E-state index in [1.54, 1.807) is 0 Å². The molecule has 0 aliphatic heterocycles. The first-order valence-electron chi connectivity index (χ1n) is 5.98. The highest BCUT2D eigenvalue weighted by Gasteiger charge is 2.24. The third kappa shape index (κ3) is 3.54. The van der Waals surface area contributed by atoms with E-state index in [0.717, 1.165) is 25.5 Å². The van der Waals surface area contributed by atoms with Crippen molar-refractivity contribution in [2.45, 2.75) is 31.6 Å². The third-order valence-electron chi connectivity index (χ3n) is 3.21. The van der Waals surface area contributed by atoms with Gasteiger partial charge in [0.1, 0.15) is 0 Å². The predicted octanol–water partition coefficient (Wildman–Crippen LogP) is 2.47. The number of unbranched alkanes of at least 4 members (excludes halogenated alkanes) is 1. The maximum atomic E-state index is 10.7. The van der Waals surface area contributed by atoms with Crippen LogP contribution in [0.2, 0.25) is 0 Å². The minimum Gasteiger partial charge on any atom is -0.270 e.